The average molecular weight is 484 g/mol. The third-order valence-corrected chi connectivity index (χ3v) is 8.07. The lowest BCUT2D eigenvalue weighted by Crippen LogP contribution is -2.32. The molecule has 1 fully saturated rings. The molecule has 2 amide bonds. The Morgan fingerprint density at radius 1 is 1.12 bits per heavy atom. The van der Waals surface area contributed by atoms with Crippen molar-refractivity contribution in [1.29, 1.82) is 0 Å². The van der Waals surface area contributed by atoms with Gasteiger partial charge in [0.1, 0.15) is 11.0 Å². The van der Waals surface area contributed by atoms with Crippen LogP contribution in [-0.2, 0) is 9.59 Å². The van der Waals surface area contributed by atoms with E-state index >= 15 is 0 Å². The molecule has 3 atom stereocenters. The molecule has 2 aromatic carbocycles. The summed E-state index contributed by atoms with van der Waals surface area (Å²) in [5.41, 5.74) is 0.829. The number of aromatic amines is 1. The predicted molar refractivity (Wildman–Crippen MR) is 123 cm³/mol. The Bertz CT molecular complexity index is 1330. The highest BCUT2D eigenvalue weighted by atomic mass is 32.2. The molecule has 0 aliphatic carbocycles. The fourth-order valence-electron chi connectivity index (χ4n) is 4.32. The Balaban J connectivity index is 1.60. The number of H-pyrrole nitrogens is 1. The number of thiazole rings is 1. The summed E-state index contributed by atoms with van der Waals surface area (Å²) in [6.45, 7) is 2.35. The van der Waals surface area contributed by atoms with Crippen LogP contribution < -0.4 is 14.5 Å². The number of imide groups is 1. The second-order valence-corrected chi connectivity index (χ2v) is 9.71. The number of non-ortho nitro benzene ring substituents is 1. The zero-order chi connectivity index (χ0) is 23.3. The van der Waals surface area contributed by atoms with Crippen molar-refractivity contribution in [1.82, 2.24) is 4.98 Å². The van der Waals surface area contributed by atoms with Gasteiger partial charge >= 0.3 is 4.87 Å². The van der Waals surface area contributed by atoms with Crippen LogP contribution in [0.15, 0.2) is 58.4 Å². The molecule has 3 heterocycles. The Hall–Kier alpha value is -3.44. The summed E-state index contributed by atoms with van der Waals surface area (Å²) in [7, 11) is 0. The molecule has 1 N–H and O–H groups in total. The predicted octanol–water partition coefficient (Wildman–Crippen LogP) is 3.54. The number of fused-ring (bicyclic) bond motifs is 2. The standard InChI is InChI=1S/C22H17N3O6S2/c1-2-31-14-8-6-12(7-9-14)24-20(26)16-15(11-4-3-5-13(10-11)25(29)30)17-19(23-22(28)33-17)32-18(16)21(24)27/h3-10,15-16,18H,2H2,1H3,(H,23,28)/t15-,16+,18-/m1/s1. The summed E-state index contributed by atoms with van der Waals surface area (Å²) < 4.78 is 5.44. The van der Waals surface area contributed by atoms with Crippen molar-refractivity contribution in [3.8, 4) is 5.75 Å². The maximum absolute atomic E-state index is 13.6. The van der Waals surface area contributed by atoms with E-state index in [9.17, 15) is 24.5 Å². The zero-order valence-corrected chi connectivity index (χ0v) is 18.9. The molecule has 1 saturated heterocycles. The Kier molecular flexibility index (Phi) is 5.29. The van der Waals surface area contributed by atoms with E-state index in [4.69, 9.17) is 4.74 Å². The molecular formula is C22H17N3O6S2. The molecular weight excluding hydrogens is 466 g/mol. The van der Waals surface area contributed by atoms with Crippen molar-refractivity contribution in [2.75, 3.05) is 11.5 Å². The number of hydrogen-bond acceptors (Lipinski definition) is 8. The molecule has 168 valence electrons. The molecule has 0 bridgehead atoms. The number of carbonyl (C=O) groups excluding carboxylic acids is 2. The van der Waals surface area contributed by atoms with Gasteiger partial charge in [0.05, 0.1) is 28.2 Å². The first-order chi connectivity index (χ1) is 15.9. The molecule has 5 rings (SSSR count). The van der Waals surface area contributed by atoms with Crippen molar-refractivity contribution in [3.05, 3.63) is 78.8 Å². The molecule has 0 saturated carbocycles. The number of ether oxygens (including phenoxy) is 1. The van der Waals surface area contributed by atoms with E-state index in [0.717, 1.165) is 28.0 Å². The molecule has 11 heteroatoms. The highest BCUT2D eigenvalue weighted by molar-refractivity contribution is 8.00. The molecule has 2 aliphatic rings. The summed E-state index contributed by atoms with van der Waals surface area (Å²) in [6.07, 6.45) is 0. The van der Waals surface area contributed by atoms with E-state index in [2.05, 4.69) is 4.98 Å². The Labute approximate surface area is 195 Å². The van der Waals surface area contributed by atoms with Gasteiger partial charge in [-0.1, -0.05) is 35.2 Å². The van der Waals surface area contributed by atoms with Gasteiger partial charge in [0.2, 0.25) is 11.8 Å². The molecule has 3 aromatic rings. The van der Waals surface area contributed by atoms with Crippen molar-refractivity contribution in [3.63, 3.8) is 0 Å². The van der Waals surface area contributed by atoms with Crippen LogP contribution in [0, 0.1) is 16.0 Å². The van der Waals surface area contributed by atoms with Gasteiger partial charge < -0.3 is 9.72 Å². The number of nitrogens with one attached hydrogen (secondary N) is 1. The van der Waals surface area contributed by atoms with Crippen LogP contribution in [0.25, 0.3) is 0 Å². The van der Waals surface area contributed by atoms with E-state index in [1.807, 2.05) is 6.92 Å². The highest BCUT2D eigenvalue weighted by Gasteiger charge is 2.56. The SMILES string of the molecule is CCOc1ccc(N2C(=O)[C@H]3[C@@H](c4cccc([N+](=O)[O-])c4)c4sc(=O)[nH]c4S[C@H]3C2=O)cc1. The number of nitro benzene ring substituents is 1. The van der Waals surface area contributed by atoms with Crippen LogP contribution in [0.4, 0.5) is 11.4 Å². The van der Waals surface area contributed by atoms with Crippen LogP contribution in [0.3, 0.4) is 0 Å². The molecule has 2 aliphatic heterocycles. The number of amides is 2. The number of hydrogen-bond donors (Lipinski definition) is 1. The van der Waals surface area contributed by atoms with Crippen LogP contribution in [-0.4, -0.2) is 33.6 Å². The lowest BCUT2D eigenvalue weighted by molar-refractivity contribution is -0.384. The number of thioether (sulfide) groups is 1. The average Bonchev–Trinajstić information content (AvgIpc) is 3.29. The molecule has 1 aromatic heterocycles. The fourth-order valence-corrected chi connectivity index (χ4v) is 6.84. The first-order valence-corrected chi connectivity index (χ1v) is 11.8. The van der Waals surface area contributed by atoms with Crippen molar-refractivity contribution < 1.29 is 19.2 Å². The summed E-state index contributed by atoms with van der Waals surface area (Å²) in [5, 5.41) is 11.1. The first kappa shape index (κ1) is 21.4. The van der Waals surface area contributed by atoms with Crippen LogP contribution >= 0.6 is 23.1 Å². The second kappa shape index (κ2) is 8.16. The molecule has 0 spiro atoms. The molecule has 0 radical (unpaired) electrons. The Morgan fingerprint density at radius 2 is 1.88 bits per heavy atom. The van der Waals surface area contributed by atoms with Gasteiger partial charge in [0.15, 0.2) is 0 Å². The lowest BCUT2D eigenvalue weighted by Gasteiger charge is -2.29. The summed E-state index contributed by atoms with van der Waals surface area (Å²) >= 11 is 2.13. The minimum absolute atomic E-state index is 0.119. The number of benzene rings is 2. The van der Waals surface area contributed by atoms with Gasteiger partial charge in [0, 0.05) is 22.9 Å². The molecule has 33 heavy (non-hydrogen) atoms. The zero-order valence-electron chi connectivity index (χ0n) is 17.2. The van der Waals surface area contributed by atoms with Crippen LogP contribution in [0.5, 0.6) is 5.75 Å². The lowest BCUT2D eigenvalue weighted by atomic mass is 9.83. The maximum Gasteiger partial charge on any atom is 0.305 e. The van der Waals surface area contributed by atoms with Gasteiger partial charge in [-0.3, -0.25) is 24.5 Å². The normalized spacial score (nSPS) is 21.6. The maximum atomic E-state index is 13.6. The van der Waals surface area contributed by atoms with Crippen LogP contribution in [0.1, 0.15) is 23.3 Å². The Morgan fingerprint density at radius 3 is 2.58 bits per heavy atom. The minimum Gasteiger partial charge on any atom is -0.494 e. The van der Waals surface area contributed by atoms with Crippen molar-refractivity contribution in [2.45, 2.75) is 23.1 Å². The second-order valence-electron chi connectivity index (χ2n) is 7.54. The number of rotatable bonds is 5. The van der Waals surface area contributed by atoms with E-state index in [-0.39, 0.29) is 16.5 Å². The number of nitro groups is 1. The first-order valence-electron chi connectivity index (χ1n) is 10.1. The van der Waals surface area contributed by atoms with E-state index in [0.29, 0.717) is 33.5 Å². The number of nitrogens with zero attached hydrogens (tertiary/aromatic N) is 2. The van der Waals surface area contributed by atoms with Gasteiger partial charge in [-0.05, 0) is 36.8 Å². The number of aromatic nitrogens is 1. The van der Waals surface area contributed by atoms with Crippen molar-refractivity contribution >= 4 is 46.3 Å². The molecule has 9 nitrogen and oxygen atoms in total. The van der Waals surface area contributed by atoms with Gasteiger partial charge in [-0.2, -0.15) is 0 Å². The fraction of sp³-hybridized carbons (Fsp3) is 0.227. The minimum atomic E-state index is -0.796. The van der Waals surface area contributed by atoms with Gasteiger partial charge in [0.25, 0.3) is 5.69 Å². The summed E-state index contributed by atoms with van der Waals surface area (Å²) in [6, 6.07) is 12.7. The third kappa shape index (κ3) is 3.53. The van der Waals surface area contributed by atoms with E-state index in [1.54, 1.807) is 36.4 Å². The smallest absolute Gasteiger partial charge is 0.305 e. The largest absolute Gasteiger partial charge is 0.494 e. The van der Waals surface area contributed by atoms with Crippen LogP contribution in [0.2, 0.25) is 0 Å². The third-order valence-electron chi connectivity index (χ3n) is 5.67. The van der Waals surface area contributed by atoms with Crippen molar-refractivity contribution in [2.24, 2.45) is 5.92 Å². The van der Waals surface area contributed by atoms with E-state index in [1.165, 1.54) is 12.1 Å². The highest BCUT2D eigenvalue weighted by Crippen LogP contribution is 2.53. The van der Waals surface area contributed by atoms with Gasteiger partial charge in [-0.25, -0.2) is 4.90 Å². The summed E-state index contributed by atoms with van der Waals surface area (Å²) in [5.74, 6) is -1.60. The van der Waals surface area contributed by atoms with E-state index < -0.39 is 27.9 Å². The van der Waals surface area contributed by atoms with Gasteiger partial charge in [-0.15, -0.1) is 0 Å². The number of anilines is 1. The quantitative estimate of drug-likeness (QED) is 0.334. The summed E-state index contributed by atoms with van der Waals surface area (Å²) in [4.78, 5) is 54.2. The number of carbonyl (C=O) groups is 2. The molecule has 0 unspecified atom stereocenters. The topological polar surface area (TPSA) is 123 Å². The monoisotopic (exact) mass is 483 g/mol.